The second-order valence-electron chi connectivity index (χ2n) is 8.54. The zero-order valence-corrected chi connectivity index (χ0v) is 18.3. The highest BCUT2D eigenvalue weighted by molar-refractivity contribution is 6.22. The largest absolute Gasteiger partial charge is 0.256 e. The molecule has 0 fully saturated rings. The molecule has 0 aliphatic carbocycles. The summed E-state index contributed by atoms with van der Waals surface area (Å²) in [6.07, 6.45) is 1.91. The zero-order chi connectivity index (χ0) is 21.7. The summed E-state index contributed by atoms with van der Waals surface area (Å²) in [5.74, 6) is 0. The number of hydrogen-bond donors (Lipinski definition) is 0. The summed E-state index contributed by atoms with van der Waals surface area (Å²) in [5.41, 5.74) is 8.61. The first kappa shape index (κ1) is 18.8. The van der Waals surface area contributed by atoms with Crippen LogP contribution in [-0.4, -0.2) is 4.98 Å². The van der Waals surface area contributed by atoms with E-state index in [1.807, 2.05) is 6.20 Å². The molecule has 5 aromatic carbocycles. The summed E-state index contributed by atoms with van der Waals surface area (Å²) >= 11 is 0. The van der Waals surface area contributed by atoms with Crippen molar-refractivity contribution in [3.63, 3.8) is 0 Å². The third-order valence-electron chi connectivity index (χ3n) is 6.49. The number of hydrogen-bond acceptors (Lipinski definition) is 1. The van der Waals surface area contributed by atoms with Crippen molar-refractivity contribution in [3.05, 3.63) is 114 Å². The van der Waals surface area contributed by atoms with Crippen molar-refractivity contribution in [2.75, 3.05) is 0 Å². The number of nitrogens with zero attached hydrogens (tertiary/aromatic N) is 1. The Bertz CT molecular complexity index is 1580. The van der Waals surface area contributed by atoms with Crippen LogP contribution in [0.25, 0.3) is 54.7 Å². The Kier molecular flexibility index (Phi) is 4.29. The second kappa shape index (κ2) is 7.32. The van der Waals surface area contributed by atoms with Gasteiger partial charge in [0.25, 0.3) is 0 Å². The van der Waals surface area contributed by atoms with Gasteiger partial charge in [-0.25, -0.2) is 0 Å². The van der Waals surface area contributed by atoms with Gasteiger partial charge in [-0.15, -0.1) is 0 Å². The second-order valence-corrected chi connectivity index (χ2v) is 8.54. The van der Waals surface area contributed by atoms with Crippen LogP contribution in [0.2, 0.25) is 0 Å². The van der Waals surface area contributed by atoms with Gasteiger partial charge in [-0.3, -0.25) is 4.98 Å². The predicted molar refractivity (Wildman–Crippen MR) is 137 cm³/mol. The van der Waals surface area contributed by atoms with E-state index in [1.54, 1.807) is 0 Å². The van der Waals surface area contributed by atoms with Gasteiger partial charge in [0.1, 0.15) is 0 Å². The maximum Gasteiger partial charge on any atom is 0.0793 e. The fourth-order valence-corrected chi connectivity index (χ4v) is 5.10. The molecule has 0 amide bonds. The number of rotatable bonds is 2. The van der Waals surface area contributed by atoms with Crippen molar-refractivity contribution in [3.8, 4) is 22.3 Å². The monoisotopic (exact) mass is 409 g/mol. The van der Waals surface area contributed by atoms with Crippen LogP contribution in [0.4, 0.5) is 0 Å². The van der Waals surface area contributed by atoms with Gasteiger partial charge in [-0.1, -0.05) is 96.6 Å². The van der Waals surface area contributed by atoms with E-state index in [1.165, 1.54) is 60.3 Å². The van der Waals surface area contributed by atoms with Crippen LogP contribution in [0.1, 0.15) is 11.1 Å². The summed E-state index contributed by atoms with van der Waals surface area (Å²) < 4.78 is 0. The topological polar surface area (TPSA) is 12.9 Å². The number of benzene rings is 5. The number of pyridine rings is 1. The molecule has 0 saturated heterocycles. The van der Waals surface area contributed by atoms with Gasteiger partial charge >= 0.3 is 0 Å². The molecule has 32 heavy (non-hydrogen) atoms. The summed E-state index contributed by atoms with van der Waals surface area (Å²) in [5, 5.41) is 6.21. The SMILES string of the molecule is Cc1ccc(-c2c3ccccc3c(-c3cccc4ccccc34)c3ncccc23)c(C)c1. The van der Waals surface area contributed by atoms with Crippen molar-refractivity contribution in [1.29, 1.82) is 0 Å². The van der Waals surface area contributed by atoms with Gasteiger partial charge in [0.05, 0.1) is 5.52 Å². The molecule has 1 heteroatoms. The van der Waals surface area contributed by atoms with E-state index in [4.69, 9.17) is 4.98 Å². The Balaban J connectivity index is 1.83. The van der Waals surface area contributed by atoms with E-state index in [2.05, 4.69) is 111 Å². The van der Waals surface area contributed by atoms with E-state index < -0.39 is 0 Å². The maximum atomic E-state index is 4.95. The third kappa shape index (κ3) is 2.82. The van der Waals surface area contributed by atoms with Gasteiger partial charge in [-0.2, -0.15) is 0 Å². The van der Waals surface area contributed by atoms with E-state index in [0.717, 1.165) is 5.52 Å². The molecule has 0 spiro atoms. The lowest BCUT2D eigenvalue weighted by Crippen LogP contribution is -1.94. The van der Waals surface area contributed by atoms with E-state index >= 15 is 0 Å². The number of fused-ring (bicyclic) bond motifs is 3. The van der Waals surface area contributed by atoms with Gasteiger partial charge in [0.15, 0.2) is 0 Å². The summed E-state index contributed by atoms with van der Waals surface area (Å²) in [6.45, 7) is 4.36. The Morgan fingerprint density at radius 2 is 1.22 bits per heavy atom. The van der Waals surface area contributed by atoms with Crippen LogP contribution in [0.15, 0.2) is 103 Å². The fourth-order valence-electron chi connectivity index (χ4n) is 5.10. The van der Waals surface area contributed by atoms with E-state index in [9.17, 15) is 0 Å². The number of aromatic nitrogens is 1. The molecule has 0 radical (unpaired) electrons. The molecule has 0 unspecified atom stereocenters. The molecule has 152 valence electrons. The quantitative estimate of drug-likeness (QED) is 0.261. The lowest BCUT2D eigenvalue weighted by atomic mass is 9.85. The predicted octanol–water partition coefficient (Wildman–Crippen LogP) is 8.49. The minimum Gasteiger partial charge on any atom is -0.256 e. The van der Waals surface area contributed by atoms with Crippen molar-refractivity contribution >= 4 is 32.4 Å². The van der Waals surface area contributed by atoms with Crippen LogP contribution in [0.5, 0.6) is 0 Å². The first-order valence-electron chi connectivity index (χ1n) is 11.1. The van der Waals surface area contributed by atoms with Crippen LogP contribution in [-0.2, 0) is 0 Å². The smallest absolute Gasteiger partial charge is 0.0793 e. The van der Waals surface area contributed by atoms with Crippen LogP contribution < -0.4 is 0 Å². The summed E-state index contributed by atoms with van der Waals surface area (Å²) in [6, 6.07) is 35.0. The Morgan fingerprint density at radius 1 is 0.531 bits per heavy atom. The Labute approximate surface area is 188 Å². The highest BCUT2D eigenvalue weighted by atomic mass is 14.7. The molecule has 6 aromatic rings. The lowest BCUT2D eigenvalue weighted by molar-refractivity contribution is 1.38. The van der Waals surface area contributed by atoms with E-state index in [0.29, 0.717) is 0 Å². The highest BCUT2D eigenvalue weighted by Crippen LogP contribution is 2.44. The molecular formula is C31H23N. The maximum absolute atomic E-state index is 4.95. The average molecular weight is 410 g/mol. The molecule has 0 bridgehead atoms. The third-order valence-corrected chi connectivity index (χ3v) is 6.49. The Hall–Kier alpha value is -3.97. The molecule has 1 heterocycles. The molecule has 0 saturated carbocycles. The standard InChI is InChI=1S/C31H23N/c1-20-16-17-23(21(2)19-20)29-26-12-5-6-13-27(26)30(31-28(29)15-8-18-32-31)25-14-7-10-22-9-3-4-11-24(22)25/h3-19H,1-2H3. The van der Waals surface area contributed by atoms with Gasteiger partial charge in [0.2, 0.25) is 0 Å². The van der Waals surface area contributed by atoms with Crippen molar-refractivity contribution in [2.45, 2.75) is 13.8 Å². The molecule has 1 aromatic heterocycles. The zero-order valence-electron chi connectivity index (χ0n) is 18.3. The van der Waals surface area contributed by atoms with Gasteiger partial charge < -0.3 is 0 Å². The highest BCUT2D eigenvalue weighted by Gasteiger charge is 2.19. The normalized spacial score (nSPS) is 11.4. The Morgan fingerprint density at radius 3 is 2.03 bits per heavy atom. The molecule has 0 aliphatic heterocycles. The summed E-state index contributed by atoms with van der Waals surface area (Å²) in [4.78, 5) is 4.95. The van der Waals surface area contributed by atoms with Crippen molar-refractivity contribution in [2.24, 2.45) is 0 Å². The molecule has 1 nitrogen and oxygen atoms in total. The van der Waals surface area contributed by atoms with Crippen LogP contribution in [0.3, 0.4) is 0 Å². The van der Waals surface area contributed by atoms with E-state index in [-0.39, 0.29) is 0 Å². The van der Waals surface area contributed by atoms with Gasteiger partial charge in [0, 0.05) is 17.1 Å². The van der Waals surface area contributed by atoms with Gasteiger partial charge in [-0.05, 0) is 63.7 Å². The first-order chi connectivity index (χ1) is 15.7. The van der Waals surface area contributed by atoms with Crippen molar-refractivity contribution < 1.29 is 0 Å². The number of aryl methyl sites for hydroxylation is 2. The molecule has 0 atom stereocenters. The van der Waals surface area contributed by atoms with Crippen molar-refractivity contribution in [1.82, 2.24) is 4.98 Å². The summed E-state index contributed by atoms with van der Waals surface area (Å²) in [7, 11) is 0. The molecule has 0 N–H and O–H groups in total. The van der Waals surface area contributed by atoms with Crippen LogP contribution >= 0.6 is 0 Å². The molecule has 6 rings (SSSR count). The minimum atomic E-state index is 1.05. The van der Waals surface area contributed by atoms with Crippen LogP contribution in [0, 0.1) is 13.8 Å². The molecule has 0 aliphatic rings. The minimum absolute atomic E-state index is 1.05. The lowest BCUT2D eigenvalue weighted by Gasteiger charge is -2.19. The fraction of sp³-hybridized carbons (Fsp3) is 0.0645. The molecular weight excluding hydrogens is 386 g/mol. The average Bonchev–Trinajstić information content (AvgIpc) is 2.83. The first-order valence-corrected chi connectivity index (χ1v) is 11.1.